The minimum atomic E-state index is 0. The van der Waals surface area contributed by atoms with E-state index in [0.29, 0.717) is 11.8 Å². The summed E-state index contributed by atoms with van der Waals surface area (Å²) in [4.78, 5) is 9.02. The van der Waals surface area contributed by atoms with Gasteiger partial charge in [0.15, 0.2) is 0 Å². The largest absolute Gasteiger partial charge is 0.501 e. The van der Waals surface area contributed by atoms with E-state index in [0.717, 1.165) is 39.1 Å². The fourth-order valence-electron chi connectivity index (χ4n) is 6.61. The van der Waals surface area contributed by atoms with Crippen LogP contribution in [0.5, 0.6) is 0 Å². The first-order chi connectivity index (χ1) is 22.6. The predicted molar refractivity (Wildman–Crippen MR) is 189 cm³/mol. The number of fused-ring (bicyclic) bond motifs is 3. The molecule has 7 aromatic rings. The van der Waals surface area contributed by atoms with E-state index in [1.807, 2.05) is 55.7 Å². The number of furan rings is 1. The van der Waals surface area contributed by atoms with E-state index in [1.165, 1.54) is 59.7 Å². The second-order valence-corrected chi connectivity index (χ2v) is 12.4. The normalized spacial score (nSPS) is 13.8. The average Bonchev–Trinajstić information content (AvgIpc) is 3.51. The van der Waals surface area contributed by atoms with Crippen LogP contribution in [0.1, 0.15) is 73.1 Å². The number of benzene rings is 4. The van der Waals surface area contributed by atoms with Crippen molar-refractivity contribution >= 4 is 21.9 Å². The van der Waals surface area contributed by atoms with Crippen LogP contribution in [0, 0.1) is 19.1 Å². The van der Waals surface area contributed by atoms with Crippen LogP contribution >= 0.6 is 0 Å². The number of hydrogen-bond acceptors (Lipinski definition) is 3. The zero-order valence-corrected chi connectivity index (χ0v) is 29.3. The Balaban J connectivity index is 0.000000232. The molecule has 0 amide bonds. The van der Waals surface area contributed by atoms with Crippen molar-refractivity contribution in [3.8, 4) is 22.5 Å². The third-order valence-corrected chi connectivity index (χ3v) is 9.27. The van der Waals surface area contributed by atoms with Crippen molar-refractivity contribution in [3.05, 3.63) is 156 Å². The molecule has 1 fully saturated rings. The summed E-state index contributed by atoms with van der Waals surface area (Å²) in [5, 5.41) is 2.31. The minimum absolute atomic E-state index is 0. The Labute approximate surface area is 291 Å². The molecule has 8 rings (SSSR count). The molecule has 0 bridgehead atoms. The minimum Gasteiger partial charge on any atom is -0.501 e. The molecule has 1 aliphatic carbocycles. The zero-order chi connectivity index (χ0) is 31.3. The van der Waals surface area contributed by atoms with Crippen LogP contribution in [-0.4, -0.2) is 9.97 Å². The van der Waals surface area contributed by atoms with Crippen molar-refractivity contribution in [2.24, 2.45) is 0 Å². The molecule has 1 unspecified atom stereocenters. The van der Waals surface area contributed by atoms with Crippen molar-refractivity contribution in [2.45, 2.75) is 57.8 Å². The standard InChI is InChI=1S/C31H28NO.C12H10N.Ir/c1-21(22-9-4-2-5-10-22)24-17-18-32-29(19-24)28-14-8-13-27-26-16-15-25(20-30(26)33-31(27)28)23-11-6-3-7-12-23;1-10-7-8-12(13-9-10)11-5-3-2-4-6-11;/h2,4-5,8-10,13,15-21,23H,3,6-7,11-12H2,1H3;2-5,7-9H,1H3;/q2*-1;. The second kappa shape index (κ2) is 15.0. The monoisotopic (exact) mass is 791 g/mol. The third kappa shape index (κ3) is 7.30. The Kier molecular flexibility index (Phi) is 10.4. The predicted octanol–water partition coefficient (Wildman–Crippen LogP) is 11.5. The van der Waals surface area contributed by atoms with Crippen LogP contribution in [0.25, 0.3) is 44.5 Å². The van der Waals surface area contributed by atoms with Gasteiger partial charge in [-0.05, 0) is 71.5 Å². The Morgan fingerprint density at radius 2 is 1.55 bits per heavy atom. The van der Waals surface area contributed by atoms with Crippen molar-refractivity contribution in [3.63, 3.8) is 0 Å². The van der Waals surface area contributed by atoms with Crippen LogP contribution in [0.3, 0.4) is 0 Å². The van der Waals surface area contributed by atoms with Crippen molar-refractivity contribution in [1.82, 2.24) is 9.97 Å². The van der Waals surface area contributed by atoms with Crippen molar-refractivity contribution < 1.29 is 24.5 Å². The number of hydrogen-bond donors (Lipinski definition) is 0. The van der Waals surface area contributed by atoms with E-state index in [2.05, 4.69) is 96.8 Å². The Morgan fingerprint density at radius 1 is 0.723 bits per heavy atom. The van der Waals surface area contributed by atoms with E-state index in [4.69, 9.17) is 9.40 Å². The maximum absolute atomic E-state index is 6.48. The van der Waals surface area contributed by atoms with Gasteiger partial charge < -0.3 is 14.4 Å². The average molecular weight is 791 g/mol. The molecule has 0 aliphatic heterocycles. The van der Waals surface area contributed by atoms with Gasteiger partial charge in [0, 0.05) is 43.8 Å². The number of aryl methyl sites for hydroxylation is 1. The van der Waals surface area contributed by atoms with Gasteiger partial charge in [-0.3, -0.25) is 0 Å². The summed E-state index contributed by atoms with van der Waals surface area (Å²) in [6, 6.07) is 44.3. The molecule has 237 valence electrons. The number of pyridine rings is 2. The van der Waals surface area contributed by atoms with Crippen molar-refractivity contribution in [1.29, 1.82) is 0 Å². The first kappa shape index (κ1) is 32.6. The second-order valence-electron chi connectivity index (χ2n) is 12.4. The first-order valence-electron chi connectivity index (χ1n) is 16.4. The van der Waals surface area contributed by atoms with Crippen LogP contribution in [0.4, 0.5) is 0 Å². The molecule has 3 heterocycles. The molecule has 1 atom stereocenters. The van der Waals surface area contributed by atoms with Gasteiger partial charge in [0.2, 0.25) is 0 Å². The van der Waals surface area contributed by atoms with Gasteiger partial charge in [-0.25, -0.2) is 0 Å². The summed E-state index contributed by atoms with van der Waals surface area (Å²) in [7, 11) is 0. The Hall–Kier alpha value is -4.37. The summed E-state index contributed by atoms with van der Waals surface area (Å²) in [6.07, 6.45) is 10.4. The SMILES string of the molecule is CC(c1ccccc1)c1ccnc(-c2[c-]ccc3c2oc2cc(C4CCCCC4)ccc23)c1.Cc1ccc(-c2[c-]cccc2)nc1.[Ir]. The molecule has 3 nitrogen and oxygen atoms in total. The molecule has 4 heteroatoms. The van der Waals surface area contributed by atoms with E-state index in [9.17, 15) is 0 Å². The van der Waals surface area contributed by atoms with Gasteiger partial charge >= 0.3 is 0 Å². The summed E-state index contributed by atoms with van der Waals surface area (Å²) >= 11 is 0. The van der Waals surface area contributed by atoms with Gasteiger partial charge in [0.05, 0.1) is 5.58 Å². The fourth-order valence-corrected chi connectivity index (χ4v) is 6.61. The molecule has 1 saturated carbocycles. The topological polar surface area (TPSA) is 38.9 Å². The molecule has 1 aliphatic rings. The van der Waals surface area contributed by atoms with Crippen LogP contribution in [-0.2, 0) is 20.1 Å². The molecule has 0 saturated heterocycles. The maximum Gasteiger partial charge on any atom is 0.121 e. The molecule has 47 heavy (non-hydrogen) atoms. The molecular formula is C43H38IrN2O-2. The maximum atomic E-state index is 6.48. The van der Waals surface area contributed by atoms with Gasteiger partial charge in [0.25, 0.3) is 0 Å². The quantitative estimate of drug-likeness (QED) is 0.163. The van der Waals surface area contributed by atoms with Gasteiger partial charge in [0.1, 0.15) is 5.58 Å². The Morgan fingerprint density at radius 3 is 2.32 bits per heavy atom. The molecule has 0 spiro atoms. The molecular weight excluding hydrogens is 753 g/mol. The van der Waals surface area contributed by atoms with E-state index in [1.54, 1.807) is 0 Å². The number of nitrogens with zero attached hydrogens (tertiary/aromatic N) is 2. The molecule has 1 radical (unpaired) electrons. The number of aromatic nitrogens is 2. The smallest absolute Gasteiger partial charge is 0.121 e. The summed E-state index contributed by atoms with van der Waals surface area (Å²) in [6.45, 7) is 4.28. The molecule has 3 aromatic heterocycles. The molecule has 4 aromatic carbocycles. The summed E-state index contributed by atoms with van der Waals surface area (Å²) in [5.41, 5.74) is 10.9. The first-order valence-corrected chi connectivity index (χ1v) is 16.4. The van der Waals surface area contributed by atoms with E-state index >= 15 is 0 Å². The third-order valence-electron chi connectivity index (χ3n) is 9.27. The number of rotatable bonds is 5. The van der Waals surface area contributed by atoms with Crippen LogP contribution < -0.4 is 0 Å². The van der Waals surface area contributed by atoms with E-state index in [-0.39, 0.29) is 20.1 Å². The molecule has 0 N–H and O–H groups in total. The summed E-state index contributed by atoms with van der Waals surface area (Å²) < 4.78 is 6.48. The van der Waals surface area contributed by atoms with Gasteiger partial charge in [-0.2, -0.15) is 0 Å². The Bertz CT molecular complexity index is 2050. The van der Waals surface area contributed by atoms with Crippen LogP contribution in [0.15, 0.2) is 126 Å². The van der Waals surface area contributed by atoms with Crippen LogP contribution in [0.2, 0.25) is 0 Å². The fraction of sp³-hybridized carbons (Fsp3) is 0.209. The van der Waals surface area contributed by atoms with Gasteiger partial charge in [-0.15, -0.1) is 54.1 Å². The van der Waals surface area contributed by atoms with E-state index < -0.39 is 0 Å². The zero-order valence-electron chi connectivity index (χ0n) is 26.9. The van der Waals surface area contributed by atoms with Gasteiger partial charge in [-0.1, -0.05) is 97.8 Å². The summed E-state index contributed by atoms with van der Waals surface area (Å²) in [5.74, 6) is 0.959. The van der Waals surface area contributed by atoms with Crippen molar-refractivity contribution in [2.75, 3.05) is 0 Å².